The fourth-order valence-corrected chi connectivity index (χ4v) is 4.54. The first-order chi connectivity index (χ1) is 12.2. The Morgan fingerprint density at radius 1 is 0.920 bits per heavy atom. The van der Waals surface area contributed by atoms with E-state index in [0.717, 1.165) is 26.7 Å². The van der Waals surface area contributed by atoms with Crippen molar-refractivity contribution in [2.45, 2.75) is 12.5 Å². The molecule has 0 N–H and O–H groups in total. The molecule has 0 aromatic heterocycles. The SMILES string of the molecule is Brc1ccc2c(c1)=CC[C@@H]1OCOc3ccc4cc(Br)ccc4c3C=21. The topological polar surface area (TPSA) is 18.5 Å². The van der Waals surface area contributed by atoms with E-state index in [1.54, 1.807) is 0 Å². The van der Waals surface area contributed by atoms with Gasteiger partial charge in [0.05, 0.1) is 6.10 Å². The summed E-state index contributed by atoms with van der Waals surface area (Å²) in [7, 11) is 0. The van der Waals surface area contributed by atoms with Gasteiger partial charge in [-0.1, -0.05) is 56.1 Å². The summed E-state index contributed by atoms with van der Waals surface area (Å²) in [4.78, 5) is 0. The summed E-state index contributed by atoms with van der Waals surface area (Å²) in [5.41, 5.74) is 2.38. The van der Waals surface area contributed by atoms with Gasteiger partial charge in [0.2, 0.25) is 0 Å². The predicted octanol–water partition coefficient (Wildman–Crippen LogP) is 4.48. The van der Waals surface area contributed by atoms with Crippen LogP contribution in [0.1, 0.15) is 12.0 Å². The van der Waals surface area contributed by atoms with Crippen LogP contribution in [0.25, 0.3) is 22.4 Å². The largest absolute Gasteiger partial charge is 0.467 e. The molecule has 0 spiro atoms. The van der Waals surface area contributed by atoms with E-state index in [1.807, 2.05) is 0 Å². The van der Waals surface area contributed by atoms with Gasteiger partial charge >= 0.3 is 0 Å². The van der Waals surface area contributed by atoms with Crippen molar-refractivity contribution in [2.75, 3.05) is 6.79 Å². The van der Waals surface area contributed by atoms with Crippen LogP contribution in [0, 0.1) is 0 Å². The van der Waals surface area contributed by atoms with Crippen molar-refractivity contribution in [3.8, 4) is 5.75 Å². The van der Waals surface area contributed by atoms with Gasteiger partial charge in [-0.3, -0.25) is 0 Å². The summed E-state index contributed by atoms with van der Waals surface area (Å²) in [6.45, 7) is 0.281. The summed E-state index contributed by atoms with van der Waals surface area (Å²) < 4.78 is 14.1. The Kier molecular flexibility index (Phi) is 3.73. The first kappa shape index (κ1) is 15.6. The third kappa shape index (κ3) is 2.55. The van der Waals surface area contributed by atoms with Gasteiger partial charge in [-0.25, -0.2) is 0 Å². The summed E-state index contributed by atoms with van der Waals surface area (Å²) in [5.74, 6) is 0.892. The standard InChI is InChI=1S/C21H14Br2O2/c22-14-3-5-16-12(9-14)1-7-18-20(16)21-17-6-4-15(23)10-13(17)2-8-19(21)25-11-24-18/h1-7,9-10,19H,8,11H2/t19-/m0/s1. The molecule has 3 aromatic carbocycles. The van der Waals surface area contributed by atoms with Crippen molar-refractivity contribution in [3.63, 3.8) is 0 Å². The van der Waals surface area contributed by atoms with Crippen molar-refractivity contribution in [2.24, 2.45) is 0 Å². The van der Waals surface area contributed by atoms with Gasteiger partial charge in [-0.15, -0.1) is 0 Å². The Hall–Kier alpha value is -1.62. The molecule has 0 amide bonds. The van der Waals surface area contributed by atoms with E-state index < -0.39 is 0 Å². The molecule has 25 heavy (non-hydrogen) atoms. The third-order valence-corrected chi connectivity index (χ3v) is 5.86. The predicted molar refractivity (Wildman–Crippen MR) is 107 cm³/mol. The van der Waals surface area contributed by atoms with Crippen LogP contribution in [-0.2, 0) is 4.74 Å². The van der Waals surface area contributed by atoms with Gasteiger partial charge in [0.15, 0.2) is 6.79 Å². The van der Waals surface area contributed by atoms with E-state index in [4.69, 9.17) is 9.47 Å². The van der Waals surface area contributed by atoms with E-state index in [1.165, 1.54) is 26.8 Å². The molecule has 0 fully saturated rings. The lowest BCUT2D eigenvalue weighted by Gasteiger charge is -2.21. The van der Waals surface area contributed by atoms with Crippen LogP contribution >= 0.6 is 31.9 Å². The van der Waals surface area contributed by atoms with E-state index in [-0.39, 0.29) is 12.9 Å². The maximum absolute atomic E-state index is 6.04. The number of rotatable bonds is 0. The van der Waals surface area contributed by atoms with Crippen LogP contribution in [0.15, 0.2) is 57.5 Å². The number of halogens is 2. The molecule has 3 aromatic rings. The Morgan fingerprint density at radius 2 is 1.76 bits per heavy atom. The lowest BCUT2D eigenvalue weighted by Crippen LogP contribution is -2.36. The van der Waals surface area contributed by atoms with E-state index >= 15 is 0 Å². The van der Waals surface area contributed by atoms with E-state index in [2.05, 4.69) is 86.5 Å². The van der Waals surface area contributed by atoms with Gasteiger partial charge in [0, 0.05) is 20.1 Å². The normalized spacial score (nSPS) is 18.5. The molecule has 0 saturated carbocycles. The average molecular weight is 458 g/mol. The van der Waals surface area contributed by atoms with E-state index in [0.29, 0.717) is 0 Å². The van der Waals surface area contributed by atoms with Crippen molar-refractivity contribution in [1.29, 1.82) is 0 Å². The van der Waals surface area contributed by atoms with Crippen LogP contribution in [0.2, 0.25) is 0 Å². The Bertz CT molecular complexity index is 1130. The molecule has 1 aliphatic carbocycles. The van der Waals surface area contributed by atoms with Gasteiger partial charge in [-0.2, -0.15) is 0 Å². The fourth-order valence-electron chi connectivity index (χ4n) is 3.78. The summed E-state index contributed by atoms with van der Waals surface area (Å²) in [5, 5.41) is 4.85. The highest BCUT2D eigenvalue weighted by atomic mass is 79.9. The minimum atomic E-state index is 0.0178. The van der Waals surface area contributed by atoms with Gasteiger partial charge in [0.1, 0.15) is 5.75 Å². The van der Waals surface area contributed by atoms with Crippen molar-refractivity contribution in [1.82, 2.24) is 0 Å². The molecule has 5 rings (SSSR count). The molecule has 2 nitrogen and oxygen atoms in total. The summed E-state index contributed by atoms with van der Waals surface area (Å²) >= 11 is 7.16. The Balaban J connectivity index is 1.96. The van der Waals surface area contributed by atoms with Gasteiger partial charge in [0.25, 0.3) is 0 Å². The second-order valence-electron chi connectivity index (χ2n) is 6.31. The molecule has 0 saturated heterocycles. The first-order valence-electron chi connectivity index (χ1n) is 8.18. The van der Waals surface area contributed by atoms with Crippen molar-refractivity contribution >= 4 is 54.3 Å². The second-order valence-corrected chi connectivity index (χ2v) is 8.14. The highest BCUT2D eigenvalue weighted by molar-refractivity contribution is 9.10. The zero-order valence-corrected chi connectivity index (χ0v) is 16.4. The smallest absolute Gasteiger partial charge is 0.189 e. The van der Waals surface area contributed by atoms with Gasteiger partial charge < -0.3 is 9.47 Å². The number of benzene rings is 3. The molecule has 1 atom stereocenters. The fraction of sp³-hybridized carbons (Fsp3) is 0.143. The molecule has 0 unspecified atom stereocenters. The third-order valence-electron chi connectivity index (χ3n) is 4.87. The quantitative estimate of drug-likeness (QED) is 0.495. The lowest BCUT2D eigenvalue weighted by atomic mass is 9.88. The second kappa shape index (κ2) is 5.97. The summed E-state index contributed by atoms with van der Waals surface area (Å²) in [6.07, 6.45) is 3.12. The first-order valence-corrected chi connectivity index (χ1v) is 9.76. The summed E-state index contributed by atoms with van der Waals surface area (Å²) in [6, 6.07) is 17.0. The minimum Gasteiger partial charge on any atom is -0.467 e. The van der Waals surface area contributed by atoms with Crippen LogP contribution in [0.3, 0.4) is 0 Å². The minimum absolute atomic E-state index is 0.0178. The van der Waals surface area contributed by atoms with Crippen LogP contribution in [-0.4, -0.2) is 12.9 Å². The van der Waals surface area contributed by atoms with Crippen LogP contribution in [0.5, 0.6) is 5.75 Å². The molecule has 2 aliphatic rings. The molecule has 1 heterocycles. The molecular formula is C21H14Br2O2. The molecule has 1 aliphatic heterocycles. The van der Waals surface area contributed by atoms with Crippen LogP contribution < -0.4 is 15.2 Å². The molecule has 0 bridgehead atoms. The number of hydrogen-bond acceptors (Lipinski definition) is 2. The molecule has 4 heteroatoms. The highest BCUT2D eigenvalue weighted by Gasteiger charge is 2.27. The number of ether oxygens (including phenoxy) is 2. The van der Waals surface area contributed by atoms with Crippen LogP contribution in [0.4, 0.5) is 0 Å². The molecular weight excluding hydrogens is 444 g/mol. The van der Waals surface area contributed by atoms with Gasteiger partial charge in [-0.05, 0) is 58.0 Å². The van der Waals surface area contributed by atoms with Crippen molar-refractivity contribution in [3.05, 3.63) is 73.5 Å². The monoisotopic (exact) mass is 456 g/mol. The Labute approximate surface area is 162 Å². The average Bonchev–Trinajstić information content (AvgIpc) is 2.80. The van der Waals surface area contributed by atoms with Crippen molar-refractivity contribution < 1.29 is 9.47 Å². The molecule has 0 radical (unpaired) electrons. The zero-order valence-electron chi connectivity index (χ0n) is 13.3. The molecule has 124 valence electrons. The lowest BCUT2D eigenvalue weighted by molar-refractivity contribution is -0.00399. The van der Waals surface area contributed by atoms with E-state index in [9.17, 15) is 0 Å². The maximum atomic E-state index is 6.04. The Morgan fingerprint density at radius 3 is 2.68 bits per heavy atom. The number of hydrogen-bond donors (Lipinski definition) is 0. The maximum Gasteiger partial charge on any atom is 0.189 e. The number of fused-ring (bicyclic) bond motifs is 6. The zero-order chi connectivity index (χ0) is 17.0. The highest BCUT2D eigenvalue weighted by Crippen LogP contribution is 2.39.